The first-order valence-electron chi connectivity index (χ1n) is 10.1. The molecule has 2 N–H and O–H groups in total. The molecule has 6 nitrogen and oxygen atoms in total. The van der Waals surface area contributed by atoms with Crippen molar-refractivity contribution >= 4 is 11.8 Å². The number of amides is 2. The Hall–Kier alpha value is -1.92. The van der Waals surface area contributed by atoms with Crippen molar-refractivity contribution in [1.82, 2.24) is 14.7 Å². The smallest absolute Gasteiger partial charge is 0.239 e. The Bertz CT molecular complexity index is 637. The van der Waals surface area contributed by atoms with Gasteiger partial charge < -0.3 is 15.5 Å². The van der Waals surface area contributed by atoms with Gasteiger partial charge in [-0.3, -0.25) is 14.5 Å². The lowest BCUT2D eigenvalue weighted by Crippen LogP contribution is -2.56. The van der Waals surface area contributed by atoms with E-state index in [1.165, 1.54) is 0 Å². The minimum Gasteiger partial charge on any atom is -0.341 e. The molecule has 0 bridgehead atoms. The Kier molecular flexibility index (Phi) is 6.50. The summed E-state index contributed by atoms with van der Waals surface area (Å²) in [6.07, 6.45) is 2.22. The zero-order chi connectivity index (χ0) is 19.4. The standard InChI is InChI=1S/C21H32N4O2/c1-16(19(22)18-8-4-3-5-9-18)20(26)25-14-12-23(13-15-25)17(2)21(27)24-10-6-7-11-24/h3-5,8-9,16-17,19H,6-7,10-15,22H2,1-2H3. The number of carbonyl (C=O) groups is 2. The van der Waals surface area contributed by atoms with Gasteiger partial charge >= 0.3 is 0 Å². The first-order chi connectivity index (χ1) is 13.0. The van der Waals surface area contributed by atoms with Crippen molar-refractivity contribution in [2.45, 2.75) is 38.8 Å². The number of benzene rings is 1. The summed E-state index contributed by atoms with van der Waals surface area (Å²) in [7, 11) is 0. The van der Waals surface area contributed by atoms with Gasteiger partial charge in [0.05, 0.1) is 12.0 Å². The number of rotatable bonds is 5. The Balaban J connectivity index is 1.52. The molecular formula is C21H32N4O2. The normalized spacial score (nSPS) is 21.7. The predicted octanol–water partition coefficient (Wildman–Crippen LogP) is 1.48. The van der Waals surface area contributed by atoms with E-state index >= 15 is 0 Å². The van der Waals surface area contributed by atoms with Crippen LogP contribution in [0, 0.1) is 5.92 Å². The largest absolute Gasteiger partial charge is 0.341 e. The number of carbonyl (C=O) groups excluding carboxylic acids is 2. The number of likely N-dealkylation sites (tertiary alicyclic amines) is 1. The van der Waals surface area contributed by atoms with E-state index in [0.29, 0.717) is 13.1 Å². The van der Waals surface area contributed by atoms with Crippen molar-refractivity contribution in [3.63, 3.8) is 0 Å². The summed E-state index contributed by atoms with van der Waals surface area (Å²) < 4.78 is 0. The van der Waals surface area contributed by atoms with Gasteiger partial charge in [0, 0.05) is 45.3 Å². The molecule has 2 fully saturated rings. The third kappa shape index (κ3) is 4.50. The molecule has 2 aliphatic rings. The molecule has 2 aliphatic heterocycles. The molecule has 27 heavy (non-hydrogen) atoms. The molecule has 1 aromatic rings. The minimum absolute atomic E-state index is 0.101. The SMILES string of the molecule is CC(C(=O)N1CCN(C(C)C(=O)N2CCCC2)CC1)C(N)c1ccccc1. The molecule has 3 unspecified atom stereocenters. The van der Waals surface area contributed by atoms with E-state index in [-0.39, 0.29) is 29.8 Å². The molecule has 0 spiro atoms. The summed E-state index contributed by atoms with van der Waals surface area (Å²) in [4.78, 5) is 31.6. The van der Waals surface area contributed by atoms with E-state index in [1.54, 1.807) is 0 Å². The molecule has 2 saturated heterocycles. The number of piperazine rings is 1. The van der Waals surface area contributed by atoms with Crippen LogP contribution >= 0.6 is 0 Å². The van der Waals surface area contributed by atoms with E-state index in [2.05, 4.69) is 4.90 Å². The lowest BCUT2D eigenvalue weighted by molar-refractivity contribution is -0.140. The maximum Gasteiger partial charge on any atom is 0.239 e. The molecule has 0 aromatic heterocycles. The first-order valence-corrected chi connectivity index (χ1v) is 10.1. The number of nitrogens with zero attached hydrogens (tertiary/aromatic N) is 3. The zero-order valence-electron chi connectivity index (χ0n) is 16.5. The van der Waals surface area contributed by atoms with Gasteiger partial charge in [-0.15, -0.1) is 0 Å². The molecule has 0 radical (unpaired) electrons. The minimum atomic E-state index is -0.299. The van der Waals surface area contributed by atoms with E-state index < -0.39 is 0 Å². The van der Waals surface area contributed by atoms with Crippen molar-refractivity contribution in [3.8, 4) is 0 Å². The lowest BCUT2D eigenvalue weighted by atomic mass is 9.94. The van der Waals surface area contributed by atoms with Crippen LogP contribution in [0.4, 0.5) is 0 Å². The van der Waals surface area contributed by atoms with Crippen LogP contribution in [0.1, 0.15) is 38.3 Å². The molecular weight excluding hydrogens is 340 g/mol. The van der Waals surface area contributed by atoms with Crippen LogP contribution in [0.2, 0.25) is 0 Å². The van der Waals surface area contributed by atoms with Gasteiger partial charge in [0.1, 0.15) is 0 Å². The van der Waals surface area contributed by atoms with Gasteiger partial charge in [-0.25, -0.2) is 0 Å². The van der Waals surface area contributed by atoms with Gasteiger partial charge in [0.15, 0.2) is 0 Å². The Morgan fingerprint density at radius 3 is 2.00 bits per heavy atom. The highest BCUT2D eigenvalue weighted by molar-refractivity contribution is 5.82. The topological polar surface area (TPSA) is 69.9 Å². The average molecular weight is 373 g/mol. The van der Waals surface area contributed by atoms with Gasteiger partial charge in [0.25, 0.3) is 0 Å². The predicted molar refractivity (Wildman–Crippen MR) is 106 cm³/mol. The lowest BCUT2D eigenvalue weighted by Gasteiger charge is -2.39. The highest BCUT2D eigenvalue weighted by Crippen LogP contribution is 2.22. The number of hydrogen-bond donors (Lipinski definition) is 1. The molecule has 148 valence electrons. The number of hydrogen-bond acceptors (Lipinski definition) is 4. The molecule has 3 rings (SSSR count). The second-order valence-corrected chi connectivity index (χ2v) is 7.79. The summed E-state index contributed by atoms with van der Waals surface area (Å²) in [5.74, 6) is 0.0684. The second-order valence-electron chi connectivity index (χ2n) is 7.79. The van der Waals surface area contributed by atoms with Crippen LogP contribution in [0.3, 0.4) is 0 Å². The maximum absolute atomic E-state index is 12.9. The monoisotopic (exact) mass is 372 g/mol. The van der Waals surface area contributed by atoms with E-state index in [0.717, 1.165) is 44.6 Å². The Morgan fingerprint density at radius 2 is 1.41 bits per heavy atom. The van der Waals surface area contributed by atoms with Crippen molar-refractivity contribution in [1.29, 1.82) is 0 Å². The fourth-order valence-corrected chi connectivity index (χ4v) is 4.09. The average Bonchev–Trinajstić information content (AvgIpc) is 3.26. The summed E-state index contributed by atoms with van der Waals surface area (Å²) in [5.41, 5.74) is 7.31. The van der Waals surface area contributed by atoms with E-state index in [4.69, 9.17) is 5.73 Å². The van der Waals surface area contributed by atoms with Crippen LogP contribution in [0.5, 0.6) is 0 Å². The Labute approximate surface area is 162 Å². The van der Waals surface area contributed by atoms with Crippen molar-refractivity contribution < 1.29 is 9.59 Å². The van der Waals surface area contributed by atoms with Gasteiger partial charge in [-0.1, -0.05) is 37.3 Å². The second kappa shape index (κ2) is 8.85. The molecule has 0 aliphatic carbocycles. The van der Waals surface area contributed by atoms with Crippen LogP contribution < -0.4 is 5.73 Å². The molecule has 3 atom stereocenters. The Morgan fingerprint density at radius 1 is 0.852 bits per heavy atom. The third-order valence-electron chi connectivity index (χ3n) is 6.06. The van der Waals surface area contributed by atoms with Crippen LogP contribution in [-0.2, 0) is 9.59 Å². The maximum atomic E-state index is 12.9. The molecule has 2 amide bonds. The molecule has 0 saturated carbocycles. The fraction of sp³-hybridized carbons (Fsp3) is 0.619. The third-order valence-corrected chi connectivity index (χ3v) is 6.06. The van der Waals surface area contributed by atoms with Crippen molar-refractivity contribution in [2.75, 3.05) is 39.3 Å². The summed E-state index contributed by atoms with van der Waals surface area (Å²) >= 11 is 0. The van der Waals surface area contributed by atoms with E-state index in [1.807, 2.05) is 54.0 Å². The van der Waals surface area contributed by atoms with Crippen molar-refractivity contribution in [2.24, 2.45) is 11.7 Å². The van der Waals surface area contributed by atoms with Crippen molar-refractivity contribution in [3.05, 3.63) is 35.9 Å². The van der Waals surface area contributed by atoms with Gasteiger partial charge in [0.2, 0.25) is 11.8 Å². The highest BCUT2D eigenvalue weighted by Gasteiger charge is 2.33. The van der Waals surface area contributed by atoms with E-state index in [9.17, 15) is 9.59 Å². The fourth-order valence-electron chi connectivity index (χ4n) is 4.09. The highest BCUT2D eigenvalue weighted by atomic mass is 16.2. The van der Waals surface area contributed by atoms with Crippen LogP contribution in [0.15, 0.2) is 30.3 Å². The first kappa shape index (κ1) is 19.8. The van der Waals surface area contributed by atoms with Crippen LogP contribution in [0.25, 0.3) is 0 Å². The summed E-state index contributed by atoms with van der Waals surface area (Å²) in [6, 6.07) is 9.38. The molecule has 1 aromatic carbocycles. The molecule has 2 heterocycles. The summed E-state index contributed by atoms with van der Waals surface area (Å²) in [6.45, 7) is 8.45. The quantitative estimate of drug-likeness (QED) is 0.850. The summed E-state index contributed by atoms with van der Waals surface area (Å²) in [5, 5.41) is 0. The zero-order valence-corrected chi connectivity index (χ0v) is 16.5. The number of nitrogens with two attached hydrogens (primary N) is 1. The molecule has 6 heteroatoms. The van der Waals surface area contributed by atoms with Gasteiger partial charge in [-0.2, -0.15) is 0 Å². The van der Waals surface area contributed by atoms with Crippen LogP contribution in [-0.4, -0.2) is 71.8 Å². The van der Waals surface area contributed by atoms with Gasteiger partial charge in [-0.05, 0) is 25.3 Å².